The van der Waals surface area contributed by atoms with Crippen molar-refractivity contribution in [3.05, 3.63) is 54.1 Å². The van der Waals surface area contributed by atoms with Gasteiger partial charge in [-0.25, -0.2) is 9.97 Å². The topological polar surface area (TPSA) is 102 Å². The van der Waals surface area contributed by atoms with Crippen molar-refractivity contribution in [2.45, 2.75) is 19.7 Å². The van der Waals surface area contributed by atoms with Gasteiger partial charge in [0.25, 0.3) is 5.91 Å². The van der Waals surface area contributed by atoms with Crippen LogP contribution in [0.4, 0.5) is 0 Å². The average Bonchev–Trinajstić information content (AvgIpc) is 3.30. The first-order valence-corrected chi connectivity index (χ1v) is 7.55. The molecular weight excluding hydrogens is 310 g/mol. The molecule has 0 atom stereocenters. The maximum atomic E-state index is 12.4. The van der Waals surface area contributed by atoms with Crippen molar-refractivity contribution in [3.8, 4) is 6.01 Å². The molecule has 0 aliphatic carbocycles. The van der Waals surface area contributed by atoms with E-state index >= 15 is 0 Å². The van der Waals surface area contributed by atoms with Gasteiger partial charge in [0.05, 0.1) is 6.54 Å². The number of H-pyrrole nitrogens is 1. The van der Waals surface area contributed by atoms with Crippen molar-refractivity contribution in [2.24, 2.45) is 0 Å². The van der Waals surface area contributed by atoms with Crippen LogP contribution in [0.5, 0.6) is 6.01 Å². The predicted molar refractivity (Wildman–Crippen MR) is 81.9 cm³/mol. The second-order valence-electron chi connectivity index (χ2n) is 5.31. The van der Waals surface area contributed by atoms with Gasteiger partial charge in [0.1, 0.15) is 5.69 Å². The third kappa shape index (κ3) is 2.71. The smallest absolute Gasteiger partial charge is 0.316 e. The van der Waals surface area contributed by atoms with Crippen molar-refractivity contribution >= 4 is 5.91 Å². The molecule has 0 aromatic carbocycles. The second-order valence-corrected chi connectivity index (χ2v) is 5.31. The van der Waals surface area contributed by atoms with E-state index in [-0.39, 0.29) is 12.5 Å². The molecule has 24 heavy (non-hydrogen) atoms. The summed E-state index contributed by atoms with van der Waals surface area (Å²) in [6.07, 6.45) is 4.97. The van der Waals surface area contributed by atoms with E-state index in [2.05, 4.69) is 25.1 Å². The molecule has 1 amide bonds. The molecule has 0 fully saturated rings. The Morgan fingerprint density at radius 2 is 2.08 bits per heavy atom. The molecule has 0 saturated heterocycles. The molecule has 4 rings (SSSR count). The molecule has 4 heterocycles. The highest BCUT2D eigenvalue weighted by molar-refractivity contribution is 5.92. The van der Waals surface area contributed by atoms with E-state index in [4.69, 9.17) is 4.74 Å². The van der Waals surface area contributed by atoms with Gasteiger partial charge in [-0.05, 0) is 18.2 Å². The summed E-state index contributed by atoms with van der Waals surface area (Å²) in [5.41, 5.74) is 0.577. The minimum atomic E-state index is -0.0373. The number of carbonyl (C=O) groups excluding carboxylic acids is 1. The number of carbonyl (C=O) groups is 1. The van der Waals surface area contributed by atoms with E-state index in [1.807, 2.05) is 4.57 Å². The Morgan fingerprint density at radius 1 is 1.21 bits per heavy atom. The van der Waals surface area contributed by atoms with E-state index in [9.17, 15) is 4.79 Å². The van der Waals surface area contributed by atoms with Crippen LogP contribution in [0, 0.1) is 0 Å². The molecule has 0 radical (unpaired) electrons. The largest absolute Gasteiger partial charge is 0.455 e. The normalized spacial score (nSPS) is 13.6. The van der Waals surface area contributed by atoms with Gasteiger partial charge in [-0.15, -0.1) is 10.2 Å². The summed E-state index contributed by atoms with van der Waals surface area (Å²) in [6, 6.07) is 5.59. The Hall–Kier alpha value is -3.23. The van der Waals surface area contributed by atoms with Crippen molar-refractivity contribution in [1.29, 1.82) is 0 Å². The van der Waals surface area contributed by atoms with E-state index in [0.29, 0.717) is 37.2 Å². The Labute approximate surface area is 137 Å². The summed E-state index contributed by atoms with van der Waals surface area (Å²) in [7, 11) is 0. The highest BCUT2D eigenvalue weighted by Gasteiger charge is 2.25. The van der Waals surface area contributed by atoms with Crippen LogP contribution >= 0.6 is 0 Å². The lowest BCUT2D eigenvalue weighted by atomic mass is 10.3. The lowest BCUT2D eigenvalue weighted by molar-refractivity contribution is 0.0700. The SMILES string of the molecule is O=C(c1ccc[nH]1)N1CCn2c(COc3ncccn3)nnc2C1. The molecule has 9 heteroatoms. The van der Waals surface area contributed by atoms with E-state index in [0.717, 1.165) is 5.82 Å². The molecule has 3 aromatic rings. The molecule has 1 aliphatic heterocycles. The maximum Gasteiger partial charge on any atom is 0.316 e. The molecule has 0 spiro atoms. The first kappa shape index (κ1) is 14.4. The molecule has 122 valence electrons. The fraction of sp³-hybridized carbons (Fsp3) is 0.267. The second kappa shape index (κ2) is 6.11. The summed E-state index contributed by atoms with van der Waals surface area (Å²) in [5.74, 6) is 1.41. The molecule has 1 aliphatic rings. The number of aromatic amines is 1. The van der Waals surface area contributed by atoms with Crippen molar-refractivity contribution < 1.29 is 9.53 Å². The van der Waals surface area contributed by atoms with Gasteiger partial charge < -0.3 is 19.2 Å². The third-order valence-electron chi connectivity index (χ3n) is 3.82. The zero-order valence-electron chi connectivity index (χ0n) is 12.8. The zero-order valence-corrected chi connectivity index (χ0v) is 12.8. The Balaban J connectivity index is 1.44. The first-order chi connectivity index (χ1) is 11.8. The van der Waals surface area contributed by atoms with Crippen LogP contribution in [0.1, 0.15) is 22.1 Å². The third-order valence-corrected chi connectivity index (χ3v) is 3.82. The van der Waals surface area contributed by atoms with Crippen molar-refractivity contribution in [2.75, 3.05) is 6.54 Å². The predicted octanol–water partition coefficient (Wildman–Crippen LogP) is 0.631. The van der Waals surface area contributed by atoms with Crippen LogP contribution in [0.2, 0.25) is 0 Å². The number of ether oxygens (including phenoxy) is 1. The van der Waals surface area contributed by atoms with Gasteiger partial charge >= 0.3 is 6.01 Å². The summed E-state index contributed by atoms with van der Waals surface area (Å²) in [6.45, 7) is 1.88. The van der Waals surface area contributed by atoms with Crippen LogP contribution in [0.15, 0.2) is 36.8 Å². The molecule has 3 aromatic heterocycles. The maximum absolute atomic E-state index is 12.4. The minimum absolute atomic E-state index is 0.0373. The lowest BCUT2D eigenvalue weighted by Gasteiger charge is -2.27. The Bertz CT molecular complexity index is 829. The average molecular weight is 325 g/mol. The summed E-state index contributed by atoms with van der Waals surface area (Å²) < 4.78 is 7.49. The van der Waals surface area contributed by atoms with Gasteiger partial charge in [-0.1, -0.05) is 0 Å². The number of nitrogens with one attached hydrogen (secondary N) is 1. The quantitative estimate of drug-likeness (QED) is 0.755. The molecule has 9 nitrogen and oxygen atoms in total. The van der Waals surface area contributed by atoms with Crippen molar-refractivity contribution in [3.63, 3.8) is 0 Å². The highest BCUT2D eigenvalue weighted by Crippen LogP contribution is 2.15. The van der Waals surface area contributed by atoms with Gasteiger partial charge in [-0.3, -0.25) is 4.79 Å². The number of aromatic nitrogens is 6. The number of fused-ring (bicyclic) bond motifs is 1. The van der Waals surface area contributed by atoms with Crippen molar-refractivity contribution in [1.82, 2.24) is 34.6 Å². The van der Waals surface area contributed by atoms with Gasteiger partial charge in [0.15, 0.2) is 18.3 Å². The van der Waals surface area contributed by atoms with E-state index in [1.165, 1.54) is 0 Å². The standard InChI is InChI=1S/C15H15N7O2/c23-14(11-3-1-4-16-11)21-7-8-22-12(9-21)19-20-13(22)10-24-15-17-5-2-6-18-15/h1-6,16H,7-10H2. The molecule has 1 N–H and O–H groups in total. The monoisotopic (exact) mass is 325 g/mol. The molecule has 0 unspecified atom stereocenters. The fourth-order valence-electron chi connectivity index (χ4n) is 2.62. The molecule has 0 bridgehead atoms. The van der Waals surface area contributed by atoms with Crippen LogP contribution in [-0.4, -0.2) is 47.1 Å². The van der Waals surface area contributed by atoms with E-state index < -0.39 is 0 Å². The van der Waals surface area contributed by atoms with E-state index in [1.54, 1.807) is 41.7 Å². The van der Waals surface area contributed by atoms with Crippen LogP contribution in [0.25, 0.3) is 0 Å². The first-order valence-electron chi connectivity index (χ1n) is 7.55. The number of nitrogens with zero attached hydrogens (tertiary/aromatic N) is 6. The zero-order chi connectivity index (χ0) is 16.4. The fourth-order valence-corrected chi connectivity index (χ4v) is 2.62. The Kier molecular flexibility index (Phi) is 3.66. The number of amides is 1. The van der Waals surface area contributed by atoms with Gasteiger partial charge in [0.2, 0.25) is 0 Å². The minimum Gasteiger partial charge on any atom is -0.455 e. The van der Waals surface area contributed by atoms with Gasteiger partial charge in [0, 0.05) is 31.7 Å². The van der Waals surface area contributed by atoms with Crippen LogP contribution in [-0.2, 0) is 19.7 Å². The Morgan fingerprint density at radius 3 is 2.88 bits per heavy atom. The van der Waals surface area contributed by atoms with Gasteiger partial charge in [-0.2, -0.15) is 0 Å². The number of hydrogen-bond acceptors (Lipinski definition) is 6. The lowest BCUT2D eigenvalue weighted by Crippen LogP contribution is -2.39. The molecular formula is C15H15N7O2. The summed E-state index contributed by atoms with van der Waals surface area (Å²) in [4.78, 5) is 25.1. The highest BCUT2D eigenvalue weighted by atomic mass is 16.5. The number of rotatable bonds is 4. The van der Waals surface area contributed by atoms with Crippen LogP contribution in [0.3, 0.4) is 0 Å². The molecule has 0 saturated carbocycles. The summed E-state index contributed by atoms with van der Waals surface area (Å²) in [5, 5.41) is 8.33. The number of hydrogen-bond donors (Lipinski definition) is 1. The summed E-state index contributed by atoms with van der Waals surface area (Å²) >= 11 is 0. The van der Waals surface area contributed by atoms with Crippen LogP contribution < -0.4 is 4.74 Å².